The summed E-state index contributed by atoms with van der Waals surface area (Å²) in [7, 11) is 0. The van der Waals surface area contributed by atoms with Gasteiger partial charge in [-0.3, -0.25) is 0 Å². The van der Waals surface area contributed by atoms with Gasteiger partial charge in [0.25, 0.3) is 0 Å². The molecule has 0 N–H and O–H groups in total. The number of furan rings is 1. The number of hydrogen-bond donors (Lipinski definition) is 0. The zero-order valence-corrected chi connectivity index (χ0v) is 30.0. The van der Waals surface area contributed by atoms with E-state index in [2.05, 4.69) is 188 Å². The molecule has 8 aromatic carbocycles. The third-order valence-electron chi connectivity index (χ3n) is 11.4. The minimum Gasteiger partial charge on any atom is -0.457 e. The maximum atomic E-state index is 6.70. The standard InChI is InChI=1S/C51H35NO2/c1-51(2)43-22-8-11-25-46(43)53-47-27-26-41-39-18-6-9-23-44(39)52(49(41)48(47)51)37-30-35(34-17-12-16-33(28-34)32-14-4-3-5-15-32)29-36(31-37)38-20-13-21-42-40-19-7-10-24-45(40)54-50(38)42/h3-31H,1-2H3. The van der Waals surface area contributed by atoms with Gasteiger partial charge in [-0.15, -0.1) is 0 Å². The second-order valence-corrected chi connectivity index (χ2v) is 14.9. The van der Waals surface area contributed by atoms with E-state index in [-0.39, 0.29) is 5.41 Å². The van der Waals surface area contributed by atoms with Crippen molar-refractivity contribution in [3.8, 4) is 50.6 Å². The Kier molecular flexibility index (Phi) is 6.60. The van der Waals surface area contributed by atoms with Crippen molar-refractivity contribution in [2.24, 2.45) is 0 Å². The molecule has 0 amide bonds. The van der Waals surface area contributed by atoms with Gasteiger partial charge in [-0.2, -0.15) is 0 Å². The van der Waals surface area contributed by atoms with Crippen molar-refractivity contribution in [1.82, 2.24) is 4.57 Å². The second-order valence-electron chi connectivity index (χ2n) is 14.9. The molecule has 3 heteroatoms. The molecule has 0 spiro atoms. The number of fused-ring (bicyclic) bond motifs is 9. The number of nitrogens with zero attached hydrogens (tertiary/aromatic N) is 1. The molecule has 11 rings (SSSR count). The SMILES string of the molecule is CC1(C)c2ccccc2Oc2ccc3c4ccccc4n(-c4cc(-c5cccc(-c6ccccc6)c5)cc(-c5cccc6c5oc5ccccc56)c4)c3c21. The minimum atomic E-state index is -0.319. The Morgan fingerprint density at radius 3 is 2.02 bits per heavy atom. The quantitative estimate of drug-likeness (QED) is 0.183. The van der Waals surface area contributed by atoms with E-state index in [4.69, 9.17) is 9.15 Å². The maximum absolute atomic E-state index is 6.70. The average molecular weight is 694 g/mol. The van der Waals surface area contributed by atoms with E-state index in [0.29, 0.717) is 0 Å². The van der Waals surface area contributed by atoms with Crippen molar-refractivity contribution in [3.05, 3.63) is 187 Å². The summed E-state index contributed by atoms with van der Waals surface area (Å²) < 4.78 is 15.8. The van der Waals surface area contributed by atoms with Gasteiger partial charge < -0.3 is 13.7 Å². The smallest absolute Gasteiger partial charge is 0.143 e. The monoisotopic (exact) mass is 693 g/mol. The predicted octanol–water partition coefficient (Wildman–Crippen LogP) is 14.1. The van der Waals surface area contributed by atoms with E-state index < -0.39 is 0 Å². The van der Waals surface area contributed by atoms with Gasteiger partial charge in [-0.05, 0) is 82.4 Å². The molecule has 1 aliphatic rings. The highest BCUT2D eigenvalue weighted by Gasteiger charge is 2.37. The Labute approximate surface area is 313 Å². The first-order valence-corrected chi connectivity index (χ1v) is 18.6. The molecule has 0 fully saturated rings. The molecular formula is C51H35NO2. The van der Waals surface area contributed by atoms with Crippen LogP contribution in [-0.2, 0) is 5.41 Å². The van der Waals surface area contributed by atoms with Gasteiger partial charge in [-0.25, -0.2) is 0 Å². The van der Waals surface area contributed by atoms with Crippen LogP contribution >= 0.6 is 0 Å². The summed E-state index contributed by atoms with van der Waals surface area (Å²) in [5, 5.41) is 4.66. The van der Waals surface area contributed by atoms with Crippen molar-refractivity contribution in [3.63, 3.8) is 0 Å². The molecule has 0 saturated heterocycles. The van der Waals surface area contributed by atoms with Crippen LogP contribution in [0.15, 0.2) is 180 Å². The first-order valence-electron chi connectivity index (χ1n) is 18.6. The van der Waals surface area contributed by atoms with Crippen LogP contribution in [0.1, 0.15) is 25.0 Å². The van der Waals surface area contributed by atoms with Gasteiger partial charge in [0, 0.05) is 49.3 Å². The normalized spacial score (nSPS) is 13.3. The molecular weight excluding hydrogens is 659 g/mol. The topological polar surface area (TPSA) is 27.3 Å². The van der Waals surface area contributed by atoms with Crippen molar-refractivity contribution < 1.29 is 9.15 Å². The molecule has 1 aliphatic heterocycles. The summed E-state index contributed by atoms with van der Waals surface area (Å²) in [6, 6.07) is 62.9. The highest BCUT2D eigenvalue weighted by molar-refractivity contribution is 6.12. The number of aromatic nitrogens is 1. The van der Waals surface area contributed by atoms with Crippen LogP contribution in [-0.4, -0.2) is 4.57 Å². The van der Waals surface area contributed by atoms with Crippen molar-refractivity contribution in [1.29, 1.82) is 0 Å². The van der Waals surface area contributed by atoms with Gasteiger partial charge in [0.1, 0.15) is 22.7 Å². The lowest BCUT2D eigenvalue weighted by Crippen LogP contribution is -2.25. The lowest BCUT2D eigenvalue weighted by Gasteiger charge is -2.35. The molecule has 0 bridgehead atoms. The van der Waals surface area contributed by atoms with Gasteiger partial charge in [0.05, 0.1) is 11.0 Å². The van der Waals surface area contributed by atoms with Crippen LogP contribution in [0, 0.1) is 0 Å². The van der Waals surface area contributed by atoms with Crippen LogP contribution in [0.3, 0.4) is 0 Å². The largest absolute Gasteiger partial charge is 0.457 e. The van der Waals surface area contributed by atoms with E-state index >= 15 is 0 Å². The third-order valence-corrected chi connectivity index (χ3v) is 11.4. The molecule has 10 aromatic rings. The molecule has 0 unspecified atom stereocenters. The Morgan fingerprint density at radius 1 is 0.463 bits per heavy atom. The van der Waals surface area contributed by atoms with Gasteiger partial charge >= 0.3 is 0 Å². The maximum Gasteiger partial charge on any atom is 0.143 e. The Hall–Kier alpha value is -6.84. The van der Waals surface area contributed by atoms with Crippen LogP contribution in [0.25, 0.3) is 82.8 Å². The van der Waals surface area contributed by atoms with Crippen LogP contribution in [0.5, 0.6) is 11.5 Å². The van der Waals surface area contributed by atoms with Crippen molar-refractivity contribution in [2.75, 3.05) is 0 Å². The zero-order chi connectivity index (χ0) is 36.0. The summed E-state index contributed by atoms with van der Waals surface area (Å²) in [4.78, 5) is 0. The van der Waals surface area contributed by atoms with Gasteiger partial charge in [0.15, 0.2) is 0 Å². The first kappa shape index (κ1) is 30.8. The Balaban J connectivity index is 1.23. The van der Waals surface area contributed by atoms with E-state index in [1.807, 2.05) is 6.07 Å². The molecule has 256 valence electrons. The average Bonchev–Trinajstić information content (AvgIpc) is 3.77. The summed E-state index contributed by atoms with van der Waals surface area (Å²) >= 11 is 0. The predicted molar refractivity (Wildman–Crippen MR) is 223 cm³/mol. The van der Waals surface area contributed by atoms with Crippen molar-refractivity contribution >= 4 is 43.7 Å². The van der Waals surface area contributed by atoms with Gasteiger partial charge in [-0.1, -0.05) is 135 Å². The molecule has 0 radical (unpaired) electrons. The third kappa shape index (κ3) is 4.55. The number of para-hydroxylation sites is 4. The molecule has 0 atom stereocenters. The summed E-state index contributed by atoms with van der Waals surface area (Å²) in [6.07, 6.45) is 0. The van der Waals surface area contributed by atoms with Gasteiger partial charge in [0.2, 0.25) is 0 Å². The highest BCUT2D eigenvalue weighted by atomic mass is 16.5. The summed E-state index contributed by atoms with van der Waals surface area (Å²) in [5.74, 6) is 1.81. The molecule has 3 heterocycles. The molecule has 54 heavy (non-hydrogen) atoms. The first-order chi connectivity index (χ1) is 26.5. The van der Waals surface area contributed by atoms with Crippen LogP contribution in [0.4, 0.5) is 0 Å². The van der Waals surface area contributed by atoms with E-state index in [1.54, 1.807) is 0 Å². The number of hydrogen-bond acceptors (Lipinski definition) is 2. The van der Waals surface area contributed by atoms with E-state index in [0.717, 1.165) is 72.4 Å². The minimum absolute atomic E-state index is 0.319. The number of rotatable bonds is 4. The Morgan fingerprint density at radius 2 is 1.13 bits per heavy atom. The summed E-state index contributed by atoms with van der Waals surface area (Å²) in [5.41, 5.74) is 14.0. The lowest BCUT2D eigenvalue weighted by molar-refractivity contribution is 0.420. The lowest BCUT2D eigenvalue weighted by atomic mass is 9.75. The zero-order valence-electron chi connectivity index (χ0n) is 30.0. The summed E-state index contributed by atoms with van der Waals surface area (Å²) in [6.45, 7) is 4.65. The van der Waals surface area contributed by atoms with Crippen LogP contribution in [0.2, 0.25) is 0 Å². The Bertz CT molecular complexity index is 3110. The fraction of sp³-hybridized carbons (Fsp3) is 0.0588. The molecule has 2 aromatic heterocycles. The number of benzene rings is 8. The van der Waals surface area contributed by atoms with E-state index in [9.17, 15) is 0 Å². The molecule has 3 nitrogen and oxygen atoms in total. The molecule has 0 aliphatic carbocycles. The number of ether oxygens (including phenoxy) is 1. The second kappa shape index (κ2) is 11.6. The fourth-order valence-electron chi connectivity index (χ4n) is 8.87. The van der Waals surface area contributed by atoms with Crippen molar-refractivity contribution in [2.45, 2.75) is 19.3 Å². The fourth-order valence-corrected chi connectivity index (χ4v) is 8.87. The van der Waals surface area contributed by atoms with E-state index in [1.165, 1.54) is 33.0 Å². The highest BCUT2D eigenvalue weighted by Crippen LogP contribution is 2.52. The molecule has 0 saturated carbocycles. The van der Waals surface area contributed by atoms with Crippen LogP contribution < -0.4 is 4.74 Å².